The number of alkyl halides is 2. The van der Waals surface area contributed by atoms with Crippen LogP contribution in [0, 0.1) is 0 Å². The number of carbonyl (C=O) groups is 1. The van der Waals surface area contributed by atoms with Gasteiger partial charge in [0, 0.05) is 22.9 Å². The lowest BCUT2D eigenvalue weighted by Gasteiger charge is -2.03. The molecule has 0 bridgehead atoms. The Morgan fingerprint density at radius 2 is 2.21 bits per heavy atom. The van der Waals surface area contributed by atoms with Gasteiger partial charge < -0.3 is 5.11 Å². The lowest BCUT2D eigenvalue weighted by Crippen LogP contribution is -2.00. The number of phenolic OH excluding ortho intramolecular Hbond substituents is 1. The molecule has 0 heterocycles. The number of rotatable bonds is 4. The maximum Gasteiger partial charge on any atom is 0.163 e. The van der Waals surface area contributed by atoms with Crippen LogP contribution in [0.2, 0.25) is 0 Å². The van der Waals surface area contributed by atoms with E-state index in [-0.39, 0.29) is 17.4 Å². The van der Waals surface area contributed by atoms with Crippen LogP contribution in [0.4, 0.5) is 0 Å². The Kier molecular flexibility index (Phi) is 4.42. The maximum absolute atomic E-state index is 11.5. The second kappa shape index (κ2) is 5.37. The van der Waals surface area contributed by atoms with Gasteiger partial charge in [-0.1, -0.05) is 15.9 Å². The van der Waals surface area contributed by atoms with Gasteiger partial charge in [-0.05, 0) is 18.2 Å². The van der Waals surface area contributed by atoms with Crippen LogP contribution in [0.1, 0.15) is 22.3 Å². The van der Waals surface area contributed by atoms with E-state index in [4.69, 9.17) is 11.6 Å². The van der Waals surface area contributed by atoms with E-state index in [1.807, 2.05) is 0 Å². The molecule has 0 aliphatic heterocycles. The van der Waals surface area contributed by atoms with Crippen molar-refractivity contribution in [2.75, 3.05) is 5.33 Å². The normalized spacial score (nSPS) is 10.1. The largest absolute Gasteiger partial charge is 0.508 e. The number of benzene rings is 1. The van der Waals surface area contributed by atoms with Crippen LogP contribution in [0.3, 0.4) is 0 Å². The summed E-state index contributed by atoms with van der Waals surface area (Å²) in [6.07, 6.45) is 0.451. The predicted octanol–water partition coefficient (Wildman–Crippen LogP) is 3.10. The van der Waals surface area contributed by atoms with Crippen molar-refractivity contribution in [1.29, 1.82) is 0 Å². The third-order valence-corrected chi connectivity index (χ3v) is 2.55. The zero-order valence-corrected chi connectivity index (χ0v) is 9.81. The summed E-state index contributed by atoms with van der Waals surface area (Å²) >= 11 is 8.81. The molecule has 0 aliphatic carbocycles. The number of hydrogen-bond acceptors (Lipinski definition) is 2. The van der Waals surface area contributed by atoms with Gasteiger partial charge in [0.15, 0.2) is 5.78 Å². The standard InChI is InChI=1S/C10H10BrClO2/c11-4-3-10(14)7-1-2-9(13)8(5-7)6-12/h1-2,5,13H,3-4,6H2. The summed E-state index contributed by atoms with van der Waals surface area (Å²) in [7, 11) is 0. The third kappa shape index (κ3) is 2.72. The van der Waals surface area contributed by atoms with Crippen molar-refractivity contribution in [3.8, 4) is 5.75 Å². The van der Waals surface area contributed by atoms with Crippen molar-refractivity contribution in [1.82, 2.24) is 0 Å². The molecule has 0 saturated heterocycles. The molecule has 0 saturated carbocycles. The van der Waals surface area contributed by atoms with E-state index in [1.54, 1.807) is 12.1 Å². The highest BCUT2D eigenvalue weighted by atomic mass is 79.9. The Morgan fingerprint density at radius 1 is 1.50 bits per heavy atom. The quantitative estimate of drug-likeness (QED) is 0.678. The summed E-state index contributed by atoms with van der Waals surface area (Å²) < 4.78 is 0. The number of carbonyl (C=O) groups excluding carboxylic acids is 1. The van der Waals surface area contributed by atoms with Crippen LogP contribution in [0.15, 0.2) is 18.2 Å². The molecule has 0 spiro atoms. The molecular formula is C10H10BrClO2. The Hall–Kier alpha value is -0.540. The van der Waals surface area contributed by atoms with Crippen molar-refractivity contribution in [2.45, 2.75) is 12.3 Å². The molecule has 0 aromatic heterocycles. The molecule has 1 aromatic rings. The zero-order valence-electron chi connectivity index (χ0n) is 7.46. The Balaban J connectivity index is 2.94. The molecule has 14 heavy (non-hydrogen) atoms. The number of halogens is 2. The average Bonchev–Trinajstić information content (AvgIpc) is 2.19. The van der Waals surface area contributed by atoms with Crippen molar-refractivity contribution >= 4 is 33.3 Å². The van der Waals surface area contributed by atoms with E-state index in [2.05, 4.69) is 15.9 Å². The van der Waals surface area contributed by atoms with Crippen LogP contribution in [-0.4, -0.2) is 16.2 Å². The fraction of sp³-hybridized carbons (Fsp3) is 0.300. The lowest BCUT2D eigenvalue weighted by molar-refractivity contribution is 0.0990. The second-order valence-corrected chi connectivity index (χ2v) is 3.90. The minimum Gasteiger partial charge on any atom is -0.508 e. The monoisotopic (exact) mass is 276 g/mol. The first-order valence-electron chi connectivity index (χ1n) is 4.16. The van der Waals surface area contributed by atoms with Gasteiger partial charge in [-0.3, -0.25) is 4.79 Å². The van der Waals surface area contributed by atoms with Gasteiger partial charge in [0.1, 0.15) is 5.75 Å². The first-order valence-corrected chi connectivity index (χ1v) is 5.81. The molecule has 1 aromatic carbocycles. The molecule has 4 heteroatoms. The van der Waals surface area contributed by atoms with Crippen molar-refractivity contribution < 1.29 is 9.90 Å². The number of aromatic hydroxyl groups is 1. The molecule has 76 valence electrons. The maximum atomic E-state index is 11.5. The molecule has 0 fully saturated rings. The highest BCUT2D eigenvalue weighted by molar-refractivity contribution is 9.09. The predicted molar refractivity (Wildman–Crippen MR) is 60.4 cm³/mol. The molecular weight excluding hydrogens is 267 g/mol. The molecule has 0 unspecified atom stereocenters. The van der Waals surface area contributed by atoms with Gasteiger partial charge in [-0.25, -0.2) is 0 Å². The van der Waals surface area contributed by atoms with Gasteiger partial charge in [0.05, 0.1) is 5.88 Å². The van der Waals surface area contributed by atoms with E-state index < -0.39 is 0 Å². The Morgan fingerprint density at radius 3 is 2.79 bits per heavy atom. The van der Waals surface area contributed by atoms with Crippen molar-refractivity contribution in [3.63, 3.8) is 0 Å². The Labute approximate surface area is 96.0 Å². The fourth-order valence-electron chi connectivity index (χ4n) is 1.10. The van der Waals surface area contributed by atoms with Crippen molar-refractivity contribution in [2.24, 2.45) is 0 Å². The second-order valence-electron chi connectivity index (χ2n) is 2.84. The van der Waals surface area contributed by atoms with Gasteiger partial charge in [-0.15, -0.1) is 11.6 Å². The summed E-state index contributed by atoms with van der Waals surface area (Å²) in [6.45, 7) is 0. The van der Waals surface area contributed by atoms with Crippen LogP contribution in [-0.2, 0) is 5.88 Å². The number of hydrogen-bond donors (Lipinski definition) is 1. The van der Waals surface area contributed by atoms with Crippen LogP contribution in [0.25, 0.3) is 0 Å². The highest BCUT2D eigenvalue weighted by Crippen LogP contribution is 2.21. The lowest BCUT2D eigenvalue weighted by atomic mass is 10.1. The number of phenols is 1. The molecule has 0 amide bonds. The minimum atomic E-state index is 0.0493. The molecule has 1 rings (SSSR count). The summed E-state index contributed by atoms with van der Waals surface area (Å²) in [5.74, 6) is 0.394. The number of Topliss-reactive ketones (excluding diaryl/α,β-unsaturated/α-hetero) is 1. The molecule has 0 atom stereocenters. The first-order chi connectivity index (χ1) is 6.69. The minimum absolute atomic E-state index is 0.0493. The van der Waals surface area contributed by atoms with Gasteiger partial charge >= 0.3 is 0 Å². The van der Waals surface area contributed by atoms with E-state index in [0.717, 1.165) is 0 Å². The molecule has 0 aliphatic rings. The highest BCUT2D eigenvalue weighted by Gasteiger charge is 2.07. The van der Waals surface area contributed by atoms with E-state index in [1.165, 1.54) is 6.07 Å². The molecule has 0 radical (unpaired) electrons. The summed E-state index contributed by atoms with van der Waals surface area (Å²) in [5.41, 5.74) is 1.19. The zero-order chi connectivity index (χ0) is 10.6. The molecule has 2 nitrogen and oxygen atoms in total. The smallest absolute Gasteiger partial charge is 0.163 e. The van der Waals surface area contributed by atoms with Gasteiger partial charge in [-0.2, -0.15) is 0 Å². The van der Waals surface area contributed by atoms with Crippen LogP contribution >= 0.6 is 27.5 Å². The number of ketones is 1. The van der Waals surface area contributed by atoms with E-state index in [0.29, 0.717) is 22.9 Å². The van der Waals surface area contributed by atoms with Crippen LogP contribution < -0.4 is 0 Å². The summed E-state index contributed by atoms with van der Waals surface area (Å²) in [4.78, 5) is 11.5. The summed E-state index contributed by atoms with van der Waals surface area (Å²) in [6, 6.07) is 4.74. The van der Waals surface area contributed by atoms with E-state index in [9.17, 15) is 9.90 Å². The van der Waals surface area contributed by atoms with Crippen LogP contribution in [0.5, 0.6) is 5.75 Å². The molecule has 1 N–H and O–H groups in total. The van der Waals surface area contributed by atoms with E-state index >= 15 is 0 Å². The Bertz CT molecular complexity index is 339. The summed E-state index contributed by atoms with van der Waals surface area (Å²) in [5, 5.41) is 9.98. The van der Waals surface area contributed by atoms with Gasteiger partial charge in [0.25, 0.3) is 0 Å². The van der Waals surface area contributed by atoms with Crippen molar-refractivity contribution in [3.05, 3.63) is 29.3 Å². The average molecular weight is 278 g/mol. The SMILES string of the molecule is O=C(CCBr)c1ccc(O)c(CCl)c1. The topological polar surface area (TPSA) is 37.3 Å². The van der Waals surface area contributed by atoms with Gasteiger partial charge in [0.2, 0.25) is 0 Å². The third-order valence-electron chi connectivity index (χ3n) is 1.87. The fourth-order valence-corrected chi connectivity index (χ4v) is 1.67. The first kappa shape index (κ1) is 11.5.